The average Bonchev–Trinajstić information content (AvgIpc) is 2.68. The van der Waals surface area contributed by atoms with E-state index in [1.54, 1.807) is 14.2 Å². The lowest BCUT2D eigenvalue weighted by molar-refractivity contribution is 0.317. The molecule has 5 nitrogen and oxygen atoms in total. The number of nitrogens with zero attached hydrogens (tertiary/aromatic N) is 2. The van der Waals surface area contributed by atoms with Crippen molar-refractivity contribution in [3.05, 3.63) is 70.7 Å². The van der Waals surface area contributed by atoms with E-state index in [4.69, 9.17) is 14.7 Å². The molecule has 0 aliphatic heterocycles. The van der Waals surface area contributed by atoms with Gasteiger partial charge < -0.3 is 14.7 Å². The summed E-state index contributed by atoms with van der Waals surface area (Å²) in [6.45, 7) is 5.66. The van der Waals surface area contributed by atoms with Gasteiger partial charge in [0.1, 0.15) is 11.5 Å². The van der Waals surface area contributed by atoms with E-state index in [9.17, 15) is 0 Å². The summed E-state index contributed by atoms with van der Waals surface area (Å²) in [5.41, 5.74) is 2.72. The maximum Gasteiger partial charge on any atom is 0.127 e. The summed E-state index contributed by atoms with van der Waals surface area (Å²) in [5, 5.41) is 12.2. The summed E-state index contributed by atoms with van der Waals surface area (Å²) in [4.78, 5) is 2.16. The molecule has 1 N–H and O–H groups in total. The molecule has 0 aliphatic rings. The van der Waals surface area contributed by atoms with Gasteiger partial charge in [-0.15, -0.1) is 6.58 Å². The predicted octanol–water partition coefficient (Wildman–Crippen LogP) is 4.60. The summed E-state index contributed by atoms with van der Waals surface area (Å²) < 4.78 is 11.7. The lowest BCUT2D eigenvalue weighted by Gasteiger charge is -2.23. The Balaban J connectivity index is 2.29. The topological polar surface area (TPSA) is 54.3 Å². The van der Waals surface area contributed by atoms with Crippen LogP contribution in [0.5, 0.6) is 11.5 Å². The molecule has 0 bridgehead atoms. The minimum absolute atomic E-state index is 0.529. The van der Waals surface area contributed by atoms with Gasteiger partial charge in [-0.25, -0.2) is 0 Å². The van der Waals surface area contributed by atoms with E-state index in [0.29, 0.717) is 19.6 Å². The van der Waals surface area contributed by atoms with Crippen LogP contribution in [0.1, 0.15) is 11.1 Å². The van der Waals surface area contributed by atoms with Gasteiger partial charge in [0.15, 0.2) is 0 Å². The van der Waals surface area contributed by atoms with E-state index in [1.807, 2.05) is 48.5 Å². The molecule has 0 spiro atoms. The second kappa shape index (κ2) is 10.6. The predicted molar refractivity (Wildman–Crippen MR) is 112 cm³/mol. The zero-order valence-electron chi connectivity index (χ0n) is 15.5. The summed E-state index contributed by atoms with van der Waals surface area (Å²) in [6, 6.07) is 13.6. The molecule has 2 aromatic rings. The van der Waals surface area contributed by atoms with E-state index in [1.165, 1.54) is 0 Å². The highest BCUT2D eigenvalue weighted by Gasteiger charge is 2.13. The van der Waals surface area contributed by atoms with Crippen molar-refractivity contribution in [2.24, 2.45) is 5.16 Å². The van der Waals surface area contributed by atoms with Gasteiger partial charge in [0, 0.05) is 47.2 Å². The van der Waals surface area contributed by atoms with Crippen molar-refractivity contribution >= 4 is 27.4 Å². The monoisotopic (exact) mass is 430 g/mol. The van der Waals surface area contributed by atoms with Gasteiger partial charge in [0.25, 0.3) is 0 Å². The zero-order chi connectivity index (χ0) is 19.6. The number of hydrogen-bond donors (Lipinski definition) is 1. The Labute approximate surface area is 168 Å². The van der Waals surface area contributed by atoms with Gasteiger partial charge in [-0.3, -0.25) is 4.90 Å². The van der Waals surface area contributed by atoms with Crippen molar-refractivity contribution in [3.8, 4) is 11.5 Å². The molecule has 0 amide bonds. The van der Waals surface area contributed by atoms with Crippen LogP contribution in [0.15, 0.2) is 64.7 Å². The standard InChI is InChI=1S/C21H23BrN2O3/c1-4-10-24(14-17-8-9-20(26-2)12-21(17)27-3)15-18(13-23-25)16-6-5-7-19(22)11-16/h4-9,11-12,25H,1,10,14-15H2,2-3H3. The van der Waals surface area contributed by atoms with Crippen molar-refractivity contribution in [1.29, 1.82) is 0 Å². The fourth-order valence-electron chi connectivity index (χ4n) is 2.74. The molecule has 0 unspecified atom stereocenters. The SMILES string of the molecule is C=CCN(CC(=C=NO)c1cccc(Br)c1)Cc1ccc(OC)cc1OC. The maximum absolute atomic E-state index is 9.05. The highest BCUT2D eigenvalue weighted by atomic mass is 79.9. The Morgan fingerprint density at radius 3 is 2.70 bits per heavy atom. The molecule has 0 saturated carbocycles. The molecule has 0 fully saturated rings. The van der Waals surface area contributed by atoms with Crippen molar-refractivity contribution < 1.29 is 14.7 Å². The number of methoxy groups -OCH3 is 2. The van der Waals surface area contributed by atoms with E-state index >= 15 is 0 Å². The van der Waals surface area contributed by atoms with E-state index in [-0.39, 0.29) is 0 Å². The van der Waals surface area contributed by atoms with E-state index in [0.717, 1.165) is 32.7 Å². The Kier molecular flexibility index (Phi) is 8.14. The van der Waals surface area contributed by atoms with E-state index < -0.39 is 0 Å². The number of rotatable bonds is 9. The molecule has 0 saturated heterocycles. The van der Waals surface area contributed by atoms with Crippen molar-refractivity contribution in [1.82, 2.24) is 4.90 Å². The molecule has 27 heavy (non-hydrogen) atoms. The molecule has 0 heterocycles. The first-order valence-electron chi connectivity index (χ1n) is 8.37. The third-order valence-electron chi connectivity index (χ3n) is 4.02. The zero-order valence-corrected chi connectivity index (χ0v) is 17.1. The third kappa shape index (κ3) is 6.00. The van der Waals surface area contributed by atoms with Gasteiger partial charge in [0.05, 0.1) is 14.2 Å². The minimum atomic E-state index is 0.529. The van der Waals surface area contributed by atoms with Crippen molar-refractivity contribution in [3.63, 3.8) is 0 Å². The van der Waals surface area contributed by atoms with Crippen LogP contribution >= 0.6 is 15.9 Å². The summed E-state index contributed by atoms with van der Waals surface area (Å²) in [7, 11) is 3.27. The number of benzene rings is 2. The van der Waals surface area contributed by atoms with Crippen LogP contribution in [0, 0.1) is 0 Å². The molecule has 0 radical (unpaired) electrons. The van der Waals surface area contributed by atoms with Crippen molar-refractivity contribution in [2.75, 3.05) is 27.3 Å². The van der Waals surface area contributed by atoms with Gasteiger partial charge in [0.2, 0.25) is 0 Å². The van der Waals surface area contributed by atoms with Crippen LogP contribution in [0.4, 0.5) is 0 Å². The first kappa shape index (κ1) is 20.8. The molecule has 2 aromatic carbocycles. The van der Waals surface area contributed by atoms with Gasteiger partial charge in [-0.05, 0) is 28.9 Å². The Morgan fingerprint density at radius 2 is 2.07 bits per heavy atom. The van der Waals surface area contributed by atoms with Crippen LogP contribution in [0.3, 0.4) is 0 Å². The molecule has 142 valence electrons. The molecular formula is C21H23BrN2O3. The fraction of sp³-hybridized carbons (Fsp3) is 0.238. The van der Waals surface area contributed by atoms with Crippen molar-refractivity contribution in [2.45, 2.75) is 6.54 Å². The summed E-state index contributed by atoms with van der Waals surface area (Å²) in [5.74, 6) is 4.20. The summed E-state index contributed by atoms with van der Waals surface area (Å²) in [6.07, 6.45) is 1.84. The largest absolute Gasteiger partial charge is 0.497 e. The fourth-order valence-corrected chi connectivity index (χ4v) is 3.14. The quantitative estimate of drug-likeness (QED) is 0.273. The first-order chi connectivity index (χ1) is 13.1. The van der Waals surface area contributed by atoms with Gasteiger partial charge in [-0.2, -0.15) is 0 Å². The lowest BCUT2D eigenvalue weighted by atomic mass is 10.1. The van der Waals surface area contributed by atoms with E-state index in [2.05, 4.69) is 38.4 Å². The van der Waals surface area contributed by atoms with Crippen LogP contribution in [0.25, 0.3) is 5.57 Å². The number of ether oxygens (including phenoxy) is 2. The molecule has 6 heteroatoms. The Hall–Kier alpha value is -2.53. The van der Waals surface area contributed by atoms with Crippen LogP contribution in [0.2, 0.25) is 0 Å². The number of hydrogen-bond acceptors (Lipinski definition) is 5. The number of halogens is 1. The minimum Gasteiger partial charge on any atom is -0.497 e. The molecule has 0 aromatic heterocycles. The normalized spacial score (nSPS) is 10.2. The Morgan fingerprint density at radius 1 is 1.26 bits per heavy atom. The smallest absolute Gasteiger partial charge is 0.127 e. The lowest BCUT2D eigenvalue weighted by Crippen LogP contribution is -2.26. The maximum atomic E-state index is 9.05. The highest BCUT2D eigenvalue weighted by molar-refractivity contribution is 9.10. The Bertz CT molecular complexity index is 845. The van der Waals surface area contributed by atoms with Gasteiger partial charge in [-0.1, -0.05) is 40.2 Å². The van der Waals surface area contributed by atoms with Crippen LogP contribution in [-0.4, -0.2) is 43.3 Å². The molecule has 0 atom stereocenters. The highest BCUT2D eigenvalue weighted by Crippen LogP contribution is 2.26. The molecule has 0 aliphatic carbocycles. The molecule has 2 rings (SSSR count). The van der Waals surface area contributed by atoms with Crippen LogP contribution in [-0.2, 0) is 6.54 Å². The third-order valence-corrected chi connectivity index (χ3v) is 4.51. The second-order valence-corrected chi connectivity index (χ2v) is 6.75. The average molecular weight is 431 g/mol. The molecular weight excluding hydrogens is 408 g/mol. The summed E-state index contributed by atoms with van der Waals surface area (Å²) >= 11 is 3.47. The van der Waals surface area contributed by atoms with Crippen LogP contribution < -0.4 is 9.47 Å². The first-order valence-corrected chi connectivity index (χ1v) is 9.16. The second-order valence-electron chi connectivity index (χ2n) is 5.84. The van der Waals surface area contributed by atoms with Gasteiger partial charge >= 0.3 is 0 Å².